The third-order valence-corrected chi connectivity index (χ3v) is 4.86. The molecule has 1 saturated heterocycles. The van der Waals surface area contributed by atoms with Gasteiger partial charge in [-0.05, 0) is 44.6 Å². The molecule has 1 aromatic heterocycles. The van der Waals surface area contributed by atoms with Crippen molar-refractivity contribution in [2.75, 3.05) is 26.7 Å². The Morgan fingerprint density at radius 2 is 2.19 bits per heavy atom. The number of nitrogens with one attached hydrogen (secondary N) is 2. The molecule has 1 aliphatic heterocycles. The molecule has 1 fully saturated rings. The fourth-order valence-electron chi connectivity index (χ4n) is 2.39. The highest BCUT2D eigenvalue weighted by molar-refractivity contribution is 7.89. The van der Waals surface area contributed by atoms with Crippen molar-refractivity contribution in [2.45, 2.75) is 37.9 Å². The molecule has 1 atom stereocenters. The van der Waals surface area contributed by atoms with Crippen molar-refractivity contribution < 1.29 is 12.8 Å². The van der Waals surface area contributed by atoms with Crippen molar-refractivity contribution in [3.8, 4) is 0 Å². The molecule has 0 amide bonds. The highest BCUT2D eigenvalue weighted by Crippen LogP contribution is 2.16. The van der Waals surface area contributed by atoms with Gasteiger partial charge in [0.2, 0.25) is 5.09 Å². The fourth-order valence-corrected chi connectivity index (χ4v) is 3.60. The molecule has 0 saturated carbocycles. The van der Waals surface area contributed by atoms with Crippen LogP contribution < -0.4 is 10.0 Å². The Balaban J connectivity index is 1.92. The van der Waals surface area contributed by atoms with E-state index in [4.69, 9.17) is 4.42 Å². The van der Waals surface area contributed by atoms with Crippen LogP contribution in [0.1, 0.15) is 26.0 Å². The van der Waals surface area contributed by atoms with Crippen LogP contribution in [0.2, 0.25) is 0 Å². The summed E-state index contributed by atoms with van der Waals surface area (Å²) >= 11 is 0. The van der Waals surface area contributed by atoms with Crippen molar-refractivity contribution in [2.24, 2.45) is 5.92 Å². The third-order valence-electron chi connectivity index (χ3n) is 3.47. The zero-order valence-corrected chi connectivity index (χ0v) is 13.7. The molecule has 0 aromatic carbocycles. The van der Waals surface area contributed by atoms with E-state index in [0.29, 0.717) is 18.2 Å². The van der Waals surface area contributed by atoms with Crippen molar-refractivity contribution in [3.05, 3.63) is 17.9 Å². The molecule has 6 nitrogen and oxygen atoms in total. The molecule has 120 valence electrons. The Morgan fingerprint density at radius 3 is 2.81 bits per heavy atom. The van der Waals surface area contributed by atoms with Gasteiger partial charge in [-0.1, -0.05) is 13.8 Å². The van der Waals surface area contributed by atoms with Gasteiger partial charge in [0.1, 0.15) is 5.76 Å². The van der Waals surface area contributed by atoms with Crippen LogP contribution in [0.3, 0.4) is 0 Å². The molecular formula is C14H25N3O3S. The first-order valence-electron chi connectivity index (χ1n) is 7.37. The summed E-state index contributed by atoms with van der Waals surface area (Å²) in [4.78, 5) is 2.11. The third kappa shape index (κ3) is 4.81. The Bertz CT molecular complexity index is 554. The number of hydrogen-bond acceptors (Lipinski definition) is 5. The van der Waals surface area contributed by atoms with Crippen LogP contribution in [0.5, 0.6) is 0 Å². The fraction of sp³-hybridized carbons (Fsp3) is 0.714. The van der Waals surface area contributed by atoms with Crippen LogP contribution in [-0.2, 0) is 16.6 Å². The van der Waals surface area contributed by atoms with Crippen LogP contribution in [-0.4, -0.2) is 46.0 Å². The summed E-state index contributed by atoms with van der Waals surface area (Å²) in [5, 5.41) is 3.23. The van der Waals surface area contributed by atoms with Crippen LogP contribution in [0.25, 0.3) is 0 Å². The molecule has 21 heavy (non-hydrogen) atoms. The highest BCUT2D eigenvalue weighted by Gasteiger charge is 2.27. The standard InChI is InChI=1S/C14H25N3O3S/c1-11(2)8-15-9-13-4-5-14(20-13)21(18,19)16-12-6-7-17(3)10-12/h4-5,11-12,15-16H,6-10H2,1-3H3. The number of likely N-dealkylation sites (tertiary alicyclic amines) is 1. The van der Waals surface area contributed by atoms with E-state index in [1.165, 1.54) is 6.07 Å². The lowest BCUT2D eigenvalue weighted by atomic mass is 10.2. The van der Waals surface area contributed by atoms with Gasteiger partial charge in [0.25, 0.3) is 10.0 Å². The second kappa shape index (κ2) is 6.91. The number of nitrogens with zero attached hydrogens (tertiary/aromatic N) is 1. The lowest BCUT2D eigenvalue weighted by molar-refractivity contribution is 0.389. The Morgan fingerprint density at radius 1 is 1.43 bits per heavy atom. The summed E-state index contributed by atoms with van der Waals surface area (Å²) in [6, 6.07) is 3.20. The second-order valence-electron chi connectivity index (χ2n) is 6.11. The molecule has 0 bridgehead atoms. The largest absolute Gasteiger partial charge is 0.447 e. The van der Waals surface area contributed by atoms with Gasteiger partial charge in [-0.2, -0.15) is 0 Å². The van der Waals surface area contributed by atoms with Gasteiger partial charge in [0.15, 0.2) is 0 Å². The molecule has 1 aliphatic rings. The Labute approximate surface area is 126 Å². The van der Waals surface area contributed by atoms with Gasteiger partial charge < -0.3 is 14.6 Å². The summed E-state index contributed by atoms with van der Waals surface area (Å²) in [7, 11) is -1.57. The first-order chi connectivity index (χ1) is 9.87. The molecule has 0 aliphatic carbocycles. The minimum Gasteiger partial charge on any atom is -0.447 e. The molecule has 2 rings (SSSR count). The van der Waals surface area contributed by atoms with Crippen LogP contribution in [0, 0.1) is 5.92 Å². The van der Waals surface area contributed by atoms with Gasteiger partial charge in [0, 0.05) is 12.6 Å². The lowest BCUT2D eigenvalue weighted by Crippen LogP contribution is -2.36. The highest BCUT2D eigenvalue weighted by atomic mass is 32.2. The zero-order valence-electron chi connectivity index (χ0n) is 12.9. The second-order valence-corrected chi connectivity index (χ2v) is 7.76. The Kier molecular flexibility index (Phi) is 5.43. The van der Waals surface area contributed by atoms with E-state index < -0.39 is 10.0 Å². The number of furan rings is 1. The number of hydrogen-bond donors (Lipinski definition) is 2. The zero-order chi connectivity index (χ0) is 15.5. The van der Waals surface area contributed by atoms with Crippen molar-refractivity contribution >= 4 is 10.0 Å². The van der Waals surface area contributed by atoms with Crippen LogP contribution in [0.4, 0.5) is 0 Å². The lowest BCUT2D eigenvalue weighted by Gasteiger charge is -2.11. The first kappa shape index (κ1) is 16.5. The SMILES string of the molecule is CC(C)CNCc1ccc(S(=O)(=O)NC2CCN(C)C2)o1. The van der Waals surface area contributed by atoms with E-state index in [0.717, 1.165) is 26.1 Å². The van der Waals surface area contributed by atoms with E-state index in [1.807, 2.05) is 7.05 Å². The minimum atomic E-state index is -3.56. The van der Waals surface area contributed by atoms with Crippen LogP contribution >= 0.6 is 0 Å². The van der Waals surface area contributed by atoms with Gasteiger partial charge in [0.05, 0.1) is 6.54 Å². The molecule has 7 heteroatoms. The molecule has 2 N–H and O–H groups in total. The van der Waals surface area contributed by atoms with Gasteiger partial charge in [-0.3, -0.25) is 0 Å². The molecule has 0 radical (unpaired) electrons. The van der Waals surface area contributed by atoms with Crippen molar-refractivity contribution in [1.29, 1.82) is 0 Å². The number of sulfonamides is 1. The molecule has 1 aromatic rings. The van der Waals surface area contributed by atoms with Gasteiger partial charge >= 0.3 is 0 Å². The van der Waals surface area contributed by atoms with Crippen molar-refractivity contribution in [3.63, 3.8) is 0 Å². The van der Waals surface area contributed by atoms with Gasteiger partial charge in [-0.25, -0.2) is 13.1 Å². The number of likely N-dealkylation sites (N-methyl/N-ethyl adjacent to an activating group) is 1. The average molecular weight is 315 g/mol. The monoisotopic (exact) mass is 315 g/mol. The summed E-state index contributed by atoms with van der Waals surface area (Å²) in [5.41, 5.74) is 0. The predicted octanol–water partition coefficient (Wildman–Crippen LogP) is 1.01. The maximum absolute atomic E-state index is 12.2. The first-order valence-corrected chi connectivity index (χ1v) is 8.85. The number of rotatable bonds is 7. The van der Waals surface area contributed by atoms with Crippen LogP contribution in [0.15, 0.2) is 21.6 Å². The molecule has 2 heterocycles. The minimum absolute atomic E-state index is 0.00148. The summed E-state index contributed by atoms with van der Waals surface area (Å²) in [6.45, 7) is 7.30. The van der Waals surface area contributed by atoms with E-state index in [2.05, 4.69) is 28.8 Å². The normalized spacial score (nSPS) is 20.5. The summed E-state index contributed by atoms with van der Waals surface area (Å²) < 4.78 is 32.6. The maximum atomic E-state index is 12.2. The maximum Gasteiger partial charge on any atom is 0.274 e. The molecule has 0 spiro atoms. The average Bonchev–Trinajstić information content (AvgIpc) is 2.98. The van der Waals surface area contributed by atoms with Crippen molar-refractivity contribution in [1.82, 2.24) is 14.9 Å². The smallest absolute Gasteiger partial charge is 0.274 e. The quantitative estimate of drug-likeness (QED) is 0.785. The van der Waals surface area contributed by atoms with E-state index in [-0.39, 0.29) is 11.1 Å². The van der Waals surface area contributed by atoms with Gasteiger partial charge in [-0.15, -0.1) is 0 Å². The predicted molar refractivity (Wildman–Crippen MR) is 81.5 cm³/mol. The van der Waals surface area contributed by atoms with E-state index in [1.54, 1.807) is 6.07 Å². The molecule has 1 unspecified atom stereocenters. The summed E-state index contributed by atoms with van der Waals surface area (Å²) in [6.07, 6.45) is 0.833. The van der Waals surface area contributed by atoms with E-state index >= 15 is 0 Å². The molecular weight excluding hydrogens is 290 g/mol. The van der Waals surface area contributed by atoms with E-state index in [9.17, 15) is 8.42 Å². The Hall–Kier alpha value is -0.890. The summed E-state index contributed by atoms with van der Waals surface area (Å²) in [5.74, 6) is 1.18. The topological polar surface area (TPSA) is 74.6 Å².